The van der Waals surface area contributed by atoms with Gasteiger partial charge in [-0.15, -0.1) is 0 Å². The van der Waals surface area contributed by atoms with Crippen molar-refractivity contribution in [3.05, 3.63) is 53.6 Å². The highest BCUT2D eigenvalue weighted by Crippen LogP contribution is 2.26. The highest BCUT2D eigenvalue weighted by atomic mass is 16.5. The largest absolute Gasteiger partial charge is 0.497 e. The number of piperazine rings is 1. The van der Waals surface area contributed by atoms with E-state index >= 15 is 0 Å². The molecule has 0 unspecified atom stereocenters. The molecule has 1 saturated heterocycles. The van der Waals surface area contributed by atoms with Crippen LogP contribution in [0.25, 0.3) is 0 Å². The number of ketones is 1. The molecule has 26 heavy (non-hydrogen) atoms. The molecule has 138 valence electrons. The minimum atomic E-state index is 0.105. The quantitative estimate of drug-likeness (QED) is 0.745. The number of carbonyl (C=O) groups excluding carboxylic acids is 1. The van der Waals surface area contributed by atoms with Crippen LogP contribution in [0.3, 0.4) is 0 Å². The molecule has 5 heteroatoms. The summed E-state index contributed by atoms with van der Waals surface area (Å²) in [7, 11) is 3.38. The summed E-state index contributed by atoms with van der Waals surface area (Å²) in [4.78, 5) is 16.2. The van der Waals surface area contributed by atoms with Crippen molar-refractivity contribution in [2.45, 2.75) is 13.5 Å². The summed E-state index contributed by atoms with van der Waals surface area (Å²) in [6, 6.07) is 13.8. The van der Waals surface area contributed by atoms with Crippen LogP contribution in [0.1, 0.15) is 22.8 Å². The fourth-order valence-corrected chi connectivity index (χ4v) is 3.32. The third kappa shape index (κ3) is 4.17. The minimum absolute atomic E-state index is 0.105. The normalized spacial score (nSPS) is 15.0. The van der Waals surface area contributed by atoms with E-state index in [1.807, 2.05) is 42.5 Å². The van der Waals surface area contributed by atoms with Crippen LogP contribution < -0.4 is 14.4 Å². The zero-order valence-electron chi connectivity index (χ0n) is 15.7. The van der Waals surface area contributed by atoms with Gasteiger partial charge in [0, 0.05) is 49.5 Å². The van der Waals surface area contributed by atoms with Crippen molar-refractivity contribution in [1.29, 1.82) is 0 Å². The highest BCUT2D eigenvalue weighted by molar-refractivity contribution is 5.94. The summed E-state index contributed by atoms with van der Waals surface area (Å²) in [5.41, 5.74) is 3.08. The Balaban J connectivity index is 1.61. The predicted molar refractivity (Wildman–Crippen MR) is 103 cm³/mol. The fraction of sp³-hybridized carbons (Fsp3) is 0.381. The summed E-state index contributed by atoms with van der Waals surface area (Å²) in [5.74, 6) is 1.85. The van der Waals surface area contributed by atoms with Crippen molar-refractivity contribution in [2.24, 2.45) is 0 Å². The van der Waals surface area contributed by atoms with Crippen LogP contribution in [0.5, 0.6) is 11.5 Å². The predicted octanol–water partition coefficient (Wildman–Crippen LogP) is 3.23. The lowest BCUT2D eigenvalue weighted by atomic mass is 10.1. The van der Waals surface area contributed by atoms with E-state index in [1.165, 1.54) is 5.69 Å². The van der Waals surface area contributed by atoms with Gasteiger partial charge >= 0.3 is 0 Å². The third-order valence-electron chi connectivity index (χ3n) is 4.89. The van der Waals surface area contributed by atoms with E-state index in [0.717, 1.165) is 55.3 Å². The van der Waals surface area contributed by atoms with Crippen molar-refractivity contribution >= 4 is 11.5 Å². The first-order valence-electron chi connectivity index (χ1n) is 8.90. The van der Waals surface area contributed by atoms with Gasteiger partial charge in [-0.1, -0.05) is 0 Å². The zero-order chi connectivity index (χ0) is 18.5. The summed E-state index contributed by atoms with van der Waals surface area (Å²) >= 11 is 0. The van der Waals surface area contributed by atoms with Gasteiger partial charge < -0.3 is 14.4 Å². The summed E-state index contributed by atoms with van der Waals surface area (Å²) in [5, 5.41) is 0. The smallest absolute Gasteiger partial charge is 0.159 e. The molecule has 0 atom stereocenters. The van der Waals surface area contributed by atoms with E-state index < -0.39 is 0 Å². The molecule has 2 aromatic rings. The Hall–Kier alpha value is -2.53. The molecule has 1 fully saturated rings. The molecule has 5 nitrogen and oxygen atoms in total. The van der Waals surface area contributed by atoms with Crippen LogP contribution in [-0.4, -0.2) is 51.1 Å². The second-order valence-electron chi connectivity index (χ2n) is 6.54. The number of Topliss-reactive ketones (excluding diaryl/α,β-unsaturated/α-hetero) is 1. The fourth-order valence-electron chi connectivity index (χ4n) is 3.32. The summed E-state index contributed by atoms with van der Waals surface area (Å²) in [6.45, 7) is 6.33. The number of ether oxygens (including phenoxy) is 2. The van der Waals surface area contributed by atoms with E-state index in [4.69, 9.17) is 9.47 Å². The average Bonchev–Trinajstić information content (AvgIpc) is 2.68. The number of anilines is 1. The maximum Gasteiger partial charge on any atom is 0.159 e. The Morgan fingerprint density at radius 1 is 0.962 bits per heavy atom. The van der Waals surface area contributed by atoms with Crippen molar-refractivity contribution in [3.8, 4) is 11.5 Å². The molecule has 0 bridgehead atoms. The first kappa shape index (κ1) is 18.3. The maximum atomic E-state index is 11.4. The van der Waals surface area contributed by atoms with Crippen molar-refractivity contribution < 1.29 is 14.3 Å². The van der Waals surface area contributed by atoms with Gasteiger partial charge in [-0.25, -0.2) is 0 Å². The van der Waals surface area contributed by atoms with Crippen LogP contribution in [0.4, 0.5) is 5.69 Å². The van der Waals surface area contributed by atoms with Crippen molar-refractivity contribution in [1.82, 2.24) is 4.90 Å². The van der Waals surface area contributed by atoms with E-state index in [1.54, 1.807) is 21.1 Å². The van der Waals surface area contributed by atoms with Gasteiger partial charge in [0.2, 0.25) is 0 Å². The lowest BCUT2D eigenvalue weighted by molar-refractivity contribution is 0.101. The van der Waals surface area contributed by atoms with Gasteiger partial charge in [0.05, 0.1) is 14.2 Å². The number of hydrogen-bond donors (Lipinski definition) is 0. The third-order valence-corrected chi connectivity index (χ3v) is 4.89. The molecule has 1 heterocycles. The molecule has 1 aliphatic rings. The molecule has 0 saturated carbocycles. The molecular formula is C21H26N2O3. The Labute approximate surface area is 155 Å². The van der Waals surface area contributed by atoms with Crippen LogP contribution in [0, 0.1) is 0 Å². The molecule has 0 N–H and O–H groups in total. The van der Waals surface area contributed by atoms with E-state index in [0.29, 0.717) is 0 Å². The van der Waals surface area contributed by atoms with Crippen LogP contribution in [-0.2, 0) is 6.54 Å². The molecule has 0 spiro atoms. The highest BCUT2D eigenvalue weighted by Gasteiger charge is 2.19. The Morgan fingerprint density at radius 3 is 2.23 bits per heavy atom. The lowest BCUT2D eigenvalue weighted by Gasteiger charge is -2.36. The first-order chi connectivity index (χ1) is 12.6. The van der Waals surface area contributed by atoms with Gasteiger partial charge in [0.15, 0.2) is 5.78 Å². The molecule has 2 aromatic carbocycles. The SMILES string of the molecule is COc1ccc(OC)c(CN2CCN(c3ccc(C(C)=O)cc3)CC2)c1. The van der Waals surface area contributed by atoms with E-state index in [-0.39, 0.29) is 5.78 Å². The maximum absolute atomic E-state index is 11.4. The van der Waals surface area contributed by atoms with Gasteiger partial charge in [0.1, 0.15) is 11.5 Å². The number of benzene rings is 2. The number of nitrogens with zero attached hydrogens (tertiary/aromatic N) is 2. The molecule has 0 amide bonds. The summed E-state index contributed by atoms with van der Waals surface area (Å²) < 4.78 is 10.8. The van der Waals surface area contributed by atoms with E-state index in [9.17, 15) is 4.79 Å². The molecule has 0 radical (unpaired) electrons. The monoisotopic (exact) mass is 354 g/mol. The Bertz CT molecular complexity index is 750. The number of hydrogen-bond acceptors (Lipinski definition) is 5. The van der Waals surface area contributed by atoms with Crippen molar-refractivity contribution in [3.63, 3.8) is 0 Å². The van der Waals surface area contributed by atoms with Crippen molar-refractivity contribution in [2.75, 3.05) is 45.3 Å². The zero-order valence-corrected chi connectivity index (χ0v) is 15.7. The molecule has 1 aliphatic heterocycles. The summed E-state index contributed by atoms with van der Waals surface area (Å²) in [6.07, 6.45) is 0. The van der Waals surface area contributed by atoms with Crippen LogP contribution in [0.15, 0.2) is 42.5 Å². The topological polar surface area (TPSA) is 42.0 Å². The lowest BCUT2D eigenvalue weighted by Crippen LogP contribution is -2.46. The minimum Gasteiger partial charge on any atom is -0.497 e. The number of carbonyl (C=O) groups is 1. The van der Waals surface area contributed by atoms with Crippen LogP contribution in [0.2, 0.25) is 0 Å². The van der Waals surface area contributed by atoms with Crippen LogP contribution >= 0.6 is 0 Å². The average molecular weight is 354 g/mol. The number of rotatable bonds is 6. The second kappa shape index (κ2) is 8.23. The Kier molecular flexibility index (Phi) is 5.78. The second-order valence-corrected chi connectivity index (χ2v) is 6.54. The standard InChI is InChI=1S/C21H26N2O3/c1-16(24)17-4-6-19(7-5-17)23-12-10-22(11-13-23)15-18-14-20(25-2)8-9-21(18)26-3/h4-9,14H,10-13,15H2,1-3H3. The molecule has 0 aliphatic carbocycles. The van der Waals surface area contributed by atoms with Gasteiger partial charge in [0.25, 0.3) is 0 Å². The number of methoxy groups -OCH3 is 2. The van der Waals surface area contributed by atoms with Gasteiger partial charge in [-0.3, -0.25) is 9.69 Å². The Morgan fingerprint density at radius 2 is 1.65 bits per heavy atom. The van der Waals surface area contributed by atoms with Gasteiger partial charge in [-0.05, 0) is 49.4 Å². The first-order valence-corrected chi connectivity index (χ1v) is 8.90. The van der Waals surface area contributed by atoms with E-state index in [2.05, 4.69) is 9.80 Å². The van der Waals surface area contributed by atoms with Gasteiger partial charge in [-0.2, -0.15) is 0 Å². The molecular weight excluding hydrogens is 328 g/mol. The molecule has 0 aromatic heterocycles. The molecule has 3 rings (SSSR count).